The van der Waals surface area contributed by atoms with Crippen molar-refractivity contribution in [3.05, 3.63) is 40.4 Å². The molecule has 2 aliphatic rings. The lowest BCUT2D eigenvalue weighted by Crippen LogP contribution is -2.38. The number of aromatic nitrogens is 2. The molecule has 0 spiro atoms. The lowest BCUT2D eigenvalue weighted by atomic mass is 9.92. The summed E-state index contributed by atoms with van der Waals surface area (Å²) in [5.74, 6) is -2.36. The summed E-state index contributed by atoms with van der Waals surface area (Å²) in [6.07, 6.45) is 1.99. The van der Waals surface area contributed by atoms with Crippen molar-refractivity contribution in [2.24, 2.45) is 0 Å². The van der Waals surface area contributed by atoms with Crippen molar-refractivity contribution >= 4 is 34.8 Å². The molecule has 2 aliphatic carbocycles. The third-order valence-electron chi connectivity index (χ3n) is 5.28. The van der Waals surface area contributed by atoms with Crippen LogP contribution in [0.3, 0.4) is 0 Å². The van der Waals surface area contributed by atoms with Crippen molar-refractivity contribution in [1.82, 2.24) is 15.5 Å². The Morgan fingerprint density at radius 1 is 1.25 bits per heavy atom. The molecule has 0 radical (unpaired) electrons. The Kier molecular flexibility index (Phi) is 6.31. The second kappa shape index (κ2) is 8.39. The fourth-order valence-electron chi connectivity index (χ4n) is 3.68. The molecule has 5 nitrogen and oxygen atoms in total. The van der Waals surface area contributed by atoms with Crippen molar-refractivity contribution < 1.29 is 13.6 Å². The van der Waals surface area contributed by atoms with Gasteiger partial charge in [-0.25, -0.2) is 8.78 Å². The van der Waals surface area contributed by atoms with Gasteiger partial charge in [-0.3, -0.25) is 10.1 Å². The van der Waals surface area contributed by atoms with Crippen LogP contribution in [-0.2, 0) is 0 Å². The Balaban J connectivity index is 0.00000225. The van der Waals surface area contributed by atoms with E-state index in [0.717, 1.165) is 17.0 Å². The number of benzene rings is 1. The van der Waals surface area contributed by atoms with E-state index in [-0.39, 0.29) is 37.2 Å². The van der Waals surface area contributed by atoms with E-state index in [1.54, 1.807) is 6.07 Å². The Hall–Kier alpha value is -1.64. The third kappa shape index (κ3) is 5.04. The molecule has 2 saturated carbocycles. The van der Waals surface area contributed by atoms with Gasteiger partial charge in [0.1, 0.15) is 5.01 Å². The molecule has 9 heteroatoms. The van der Waals surface area contributed by atoms with Gasteiger partial charge in [0, 0.05) is 36.4 Å². The van der Waals surface area contributed by atoms with Gasteiger partial charge in [0.05, 0.1) is 0 Å². The molecule has 2 unspecified atom stereocenters. The molecule has 2 fully saturated rings. The van der Waals surface area contributed by atoms with Gasteiger partial charge >= 0.3 is 0 Å². The SMILES string of the molecule is Cc1nnc(NC(=O)c2cccc(C3CC3NC3CCC(F)(F)CC3)c2)s1.Cl. The molecule has 1 aromatic carbocycles. The number of alkyl halides is 2. The van der Waals surface area contributed by atoms with Crippen LogP contribution in [0.4, 0.5) is 13.9 Å². The quantitative estimate of drug-likeness (QED) is 0.733. The normalized spacial score (nSPS) is 23.7. The number of hydrogen-bond acceptors (Lipinski definition) is 5. The van der Waals surface area contributed by atoms with Crippen LogP contribution in [0.1, 0.15) is 59.0 Å². The highest BCUT2D eigenvalue weighted by atomic mass is 35.5. The van der Waals surface area contributed by atoms with Gasteiger partial charge in [0.2, 0.25) is 11.1 Å². The standard InChI is InChI=1S/C19H22F2N4OS.ClH/c1-11-24-25-18(27-11)23-17(26)13-4-2-3-12(9-13)15-10-16(15)22-14-5-7-19(20,21)8-6-14;/h2-4,9,14-16,22H,5-8,10H2,1H3,(H,23,25,26);1H. The molecule has 28 heavy (non-hydrogen) atoms. The molecule has 1 heterocycles. The highest BCUT2D eigenvalue weighted by molar-refractivity contribution is 7.15. The number of nitrogens with one attached hydrogen (secondary N) is 2. The molecule has 1 amide bonds. The van der Waals surface area contributed by atoms with Crippen LogP contribution in [-0.4, -0.2) is 34.1 Å². The number of nitrogens with zero attached hydrogens (tertiary/aromatic N) is 2. The van der Waals surface area contributed by atoms with Gasteiger partial charge in [0.15, 0.2) is 0 Å². The van der Waals surface area contributed by atoms with E-state index in [1.165, 1.54) is 11.3 Å². The van der Waals surface area contributed by atoms with Crippen LogP contribution in [0, 0.1) is 6.92 Å². The van der Waals surface area contributed by atoms with E-state index >= 15 is 0 Å². The zero-order chi connectivity index (χ0) is 19.0. The summed E-state index contributed by atoms with van der Waals surface area (Å²) < 4.78 is 26.6. The first-order valence-corrected chi connectivity index (χ1v) is 10.1. The number of hydrogen-bond donors (Lipinski definition) is 2. The largest absolute Gasteiger partial charge is 0.311 e. The van der Waals surface area contributed by atoms with Gasteiger partial charge in [-0.15, -0.1) is 22.6 Å². The molecule has 1 aromatic heterocycles. The number of aryl methyl sites for hydroxylation is 1. The number of halogens is 3. The Morgan fingerprint density at radius 3 is 2.68 bits per heavy atom. The number of amides is 1. The predicted molar refractivity (Wildman–Crippen MR) is 108 cm³/mol. The minimum absolute atomic E-state index is 0. The van der Waals surface area contributed by atoms with Crippen molar-refractivity contribution in [3.8, 4) is 0 Å². The van der Waals surface area contributed by atoms with E-state index in [1.807, 2.05) is 25.1 Å². The maximum absolute atomic E-state index is 13.3. The molecule has 0 aliphatic heterocycles. The smallest absolute Gasteiger partial charge is 0.257 e. The van der Waals surface area contributed by atoms with Crippen LogP contribution >= 0.6 is 23.7 Å². The maximum Gasteiger partial charge on any atom is 0.257 e. The van der Waals surface area contributed by atoms with Crippen molar-refractivity contribution in [2.75, 3.05) is 5.32 Å². The molecule has 2 aromatic rings. The van der Waals surface area contributed by atoms with Crippen LogP contribution in [0.15, 0.2) is 24.3 Å². The first-order chi connectivity index (χ1) is 12.9. The summed E-state index contributed by atoms with van der Waals surface area (Å²) >= 11 is 1.34. The molecule has 4 rings (SSSR count). The molecule has 0 bridgehead atoms. The highest BCUT2D eigenvalue weighted by Gasteiger charge is 2.42. The average Bonchev–Trinajstić information content (AvgIpc) is 3.29. The fraction of sp³-hybridized carbons (Fsp3) is 0.526. The summed E-state index contributed by atoms with van der Waals surface area (Å²) in [4.78, 5) is 12.4. The summed E-state index contributed by atoms with van der Waals surface area (Å²) in [6, 6.07) is 8.07. The average molecular weight is 429 g/mol. The van der Waals surface area contributed by atoms with Gasteiger partial charge in [-0.2, -0.15) is 0 Å². The van der Waals surface area contributed by atoms with E-state index in [9.17, 15) is 13.6 Å². The third-order valence-corrected chi connectivity index (χ3v) is 6.03. The molecule has 2 atom stereocenters. The Morgan fingerprint density at radius 2 is 2.00 bits per heavy atom. The van der Waals surface area contributed by atoms with Crippen molar-refractivity contribution in [3.63, 3.8) is 0 Å². The Labute approximate surface area is 172 Å². The summed E-state index contributed by atoms with van der Waals surface area (Å²) in [5.41, 5.74) is 1.69. The predicted octanol–water partition coefficient (Wildman–Crippen LogP) is 4.54. The van der Waals surface area contributed by atoms with Crippen LogP contribution in [0.25, 0.3) is 0 Å². The van der Waals surface area contributed by atoms with Gasteiger partial charge in [-0.1, -0.05) is 23.5 Å². The monoisotopic (exact) mass is 428 g/mol. The topological polar surface area (TPSA) is 66.9 Å². The second-order valence-electron chi connectivity index (χ2n) is 7.45. The van der Waals surface area contributed by atoms with Crippen molar-refractivity contribution in [2.45, 2.75) is 63.0 Å². The highest BCUT2D eigenvalue weighted by Crippen LogP contribution is 2.43. The van der Waals surface area contributed by atoms with Crippen molar-refractivity contribution in [1.29, 1.82) is 0 Å². The summed E-state index contributed by atoms with van der Waals surface area (Å²) in [6.45, 7) is 1.83. The van der Waals surface area contributed by atoms with E-state index in [4.69, 9.17) is 0 Å². The minimum atomic E-state index is -2.49. The second-order valence-corrected chi connectivity index (χ2v) is 8.63. The number of anilines is 1. The lowest BCUT2D eigenvalue weighted by molar-refractivity contribution is -0.0405. The van der Waals surface area contributed by atoms with E-state index in [0.29, 0.717) is 35.5 Å². The minimum Gasteiger partial charge on any atom is -0.311 e. The zero-order valence-corrected chi connectivity index (χ0v) is 17.1. The first kappa shape index (κ1) is 21.1. The van der Waals surface area contributed by atoms with Gasteiger partial charge < -0.3 is 5.32 Å². The number of carbonyl (C=O) groups excluding carboxylic acids is 1. The fourth-order valence-corrected chi connectivity index (χ4v) is 4.27. The molecule has 2 N–H and O–H groups in total. The van der Waals surface area contributed by atoms with Crippen LogP contribution < -0.4 is 10.6 Å². The van der Waals surface area contributed by atoms with Gasteiger partial charge in [-0.05, 0) is 43.9 Å². The number of carbonyl (C=O) groups is 1. The van der Waals surface area contributed by atoms with Gasteiger partial charge in [0.25, 0.3) is 5.91 Å². The molecular formula is C19H23ClF2N4OS. The summed E-state index contributed by atoms with van der Waals surface area (Å²) in [5, 5.41) is 15.4. The number of rotatable bonds is 5. The van der Waals surface area contributed by atoms with Crippen LogP contribution in [0.2, 0.25) is 0 Å². The zero-order valence-electron chi connectivity index (χ0n) is 15.5. The van der Waals surface area contributed by atoms with E-state index < -0.39 is 5.92 Å². The molecule has 152 valence electrons. The maximum atomic E-state index is 13.3. The Bertz CT molecular complexity index is 837. The summed E-state index contributed by atoms with van der Waals surface area (Å²) in [7, 11) is 0. The first-order valence-electron chi connectivity index (χ1n) is 9.25. The lowest BCUT2D eigenvalue weighted by Gasteiger charge is -2.29. The molecule has 0 saturated heterocycles. The van der Waals surface area contributed by atoms with E-state index in [2.05, 4.69) is 20.8 Å². The van der Waals surface area contributed by atoms with Crippen LogP contribution in [0.5, 0.6) is 0 Å². The molecular weight excluding hydrogens is 406 g/mol.